The number of para-hydroxylation sites is 3. The fourth-order valence-corrected chi connectivity index (χ4v) is 3.93. The van der Waals surface area contributed by atoms with E-state index in [1.807, 2.05) is 56.3 Å². The molecule has 2 aromatic rings. The molecule has 1 atom stereocenters. The average molecular weight is 542 g/mol. The van der Waals surface area contributed by atoms with Crippen LogP contribution in [0.2, 0.25) is 0 Å². The number of carboxylic acid groups (broad SMARTS) is 2. The number of rotatable bonds is 11. The number of aryl methyl sites for hydroxylation is 2. The number of carbonyl (C=O) groups excluding carboxylic acids is 3. The van der Waals surface area contributed by atoms with Gasteiger partial charge in [0.2, 0.25) is 5.91 Å². The molecule has 0 saturated carbocycles. The zero-order valence-corrected chi connectivity index (χ0v) is 22.4. The molecule has 0 radical (unpaired) electrons. The molecule has 1 unspecified atom stereocenters. The monoisotopic (exact) mass is 541 g/mol. The number of hydrogen-bond acceptors (Lipinski definition) is 10. The maximum Gasteiger partial charge on any atom is 0.238 e. The van der Waals surface area contributed by atoms with Gasteiger partial charge >= 0.3 is 0 Å². The van der Waals surface area contributed by atoms with Gasteiger partial charge in [0.25, 0.3) is 0 Å². The van der Waals surface area contributed by atoms with Gasteiger partial charge in [0.15, 0.2) is 11.5 Å². The number of amides is 1. The summed E-state index contributed by atoms with van der Waals surface area (Å²) in [5, 5.41) is 32.2. The van der Waals surface area contributed by atoms with Crippen LogP contribution in [0.5, 0.6) is 11.5 Å². The van der Waals surface area contributed by atoms with Gasteiger partial charge in [-0.3, -0.25) is 14.6 Å². The lowest BCUT2D eigenvalue weighted by atomic mass is 10.1. The summed E-state index contributed by atoms with van der Waals surface area (Å²) in [5.74, 6) is -1.80. The van der Waals surface area contributed by atoms with E-state index in [2.05, 4.69) is 15.1 Å². The Morgan fingerprint density at radius 3 is 2.00 bits per heavy atom. The normalized spacial score (nSPS) is 14.7. The van der Waals surface area contributed by atoms with Gasteiger partial charge in [0.05, 0.1) is 25.6 Å². The Balaban J connectivity index is 0.000000580. The number of aliphatic hydroxyl groups is 1. The van der Waals surface area contributed by atoms with Crippen LogP contribution in [0, 0.1) is 13.8 Å². The number of anilines is 1. The van der Waals surface area contributed by atoms with E-state index in [4.69, 9.17) is 9.47 Å². The Bertz CT molecular complexity index is 1090. The third-order valence-corrected chi connectivity index (χ3v) is 5.90. The molecule has 11 nitrogen and oxygen atoms in total. The summed E-state index contributed by atoms with van der Waals surface area (Å²) in [6, 6.07) is 13.4. The SMILES string of the molecule is COc1ccccc1OCC(O)CN1CCN(CC(=O)Nc2c(C)cccc2C)CC1.O=C([O-])/C=C\C(=O)[O-]. The molecule has 1 aliphatic heterocycles. The molecule has 1 amide bonds. The minimum atomic E-state index is -1.55. The van der Waals surface area contributed by atoms with Crippen LogP contribution >= 0.6 is 0 Å². The van der Waals surface area contributed by atoms with E-state index in [1.165, 1.54) is 0 Å². The number of nitrogens with one attached hydrogen (secondary N) is 1. The first-order valence-corrected chi connectivity index (χ1v) is 12.4. The van der Waals surface area contributed by atoms with Crippen molar-refractivity contribution in [2.24, 2.45) is 0 Å². The number of nitrogens with zero attached hydrogens (tertiary/aromatic N) is 2. The number of benzene rings is 2. The zero-order chi connectivity index (χ0) is 28.8. The highest BCUT2D eigenvalue weighted by Crippen LogP contribution is 2.25. The van der Waals surface area contributed by atoms with Gasteiger partial charge in [-0.1, -0.05) is 30.3 Å². The first-order valence-electron chi connectivity index (χ1n) is 12.4. The van der Waals surface area contributed by atoms with Gasteiger partial charge in [0.1, 0.15) is 12.7 Å². The van der Waals surface area contributed by atoms with E-state index in [-0.39, 0.29) is 12.5 Å². The van der Waals surface area contributed by atoms with Crippen molar-refractivity contribution in [1.82, 2.24) is 9.80 Å². The second-order valence-electron chi connectivity index (χ2n) is 8.98. The molecule has 3 rings (SSSR count). The summed E-state index contributed by atoms with van der Waals surface area (Å²) < 4.78 is 11.0. The van der Waals surface area contributed by atoms with Gasteiger partial charge in [-0.2, -0.15) is 0 Å². The smallest absolute Gasteiger partial charge is 0.238 e. The first-order chi connectivity index (χ1) is 18.6. The fourth-order valence-electron chi connectivity index (χ4n) is 3.93. The lowest BCUT2D eigenvalue weighted by Gasteiger charge is -2.35. The van der Waals surface area contributed by atoms with Crippen molar-refractivity contribution in [2.75, 3.05) is 58.3 Å². The number of carboxylic acids is 2. The number of aliphatic carboxylic acids is 2. The third-order valence-electron chi connectivity index (χ3n) is 5.90. The first kappa shape index (κ1) is 31.3. The molecule has 0 aliphatic carbocycles. The number of piperazine rings is 1. The Morgan fingerprint density at radius 2 is 1.46 bits per heavy atom. The molecule has 0 bridgehead atoms. The lowest BCUT2D eigenvalue weighted by molar-refractivity contribution is -0.301. The van der Waals surface area contributed by atoms with Crippen molar-refractivity contribution >= 4 is 23.5 Å². The lowest BCUT2D eigenvalue weighted by Crippen LogP contribution is -2.50. The molecule has 212 valence electrons. The maximum atomic E-state index is 12.5. The van der Waals surface area contributed by atoms with Crippen molar-refractivity contribution in [2.45, 2.75) is 20.0 Å². The van der Waals surface area contributed by atoms with Crippen LogP contribution in [0.3, 0.4) is 0 Å². The largest absolute Gasteiger partial charge is 0.545 e. The Hall–Kier alpha value is -3.93. The third kappa shape index (κ3) is 11.6. The van der Waals surface area contributed by atoms with E-state index >= 15 is 0 Å². The van der Waals surface area contributed by atoms with Gasteiger partial charge in [-0.25, -0.2) is 0 Å². The molecule has 11 heteroatoms. The van der Waals surface area contributed by atoms with Gasteiger partial charge in [-0.05, 0) is 49.3 Å². The highest BCUT2D eigenvalue weighted by Gasteiger charge is 2.21. The van der Waals surface area contributed by atoms with Crippen LogP contribution in [0.25, 0.3) is 0 Å². The van der Waals surface area contributed by atoms with Crippen LogP contribution in [0.15, 0.2) is 54.6 Å². The molecule has 1 aliphatic rings. The molecule has 39 heavy (non-hydrogen) atoms. The molecule has 2 N–H and O–H groups in total. The molecule has 0 spiro atoms. The summed E-state index contributed by atoms with van der Waals surface area (Å²) in [6.07, 6.45) is 0.175. The highest BCUT2D eigenvalue weighted by molar-refractivity contribution is 5.93. The molecule has 0 aromatic heterocycles. The number of ether oxygens (including phenoxy) is 2. The second kappa shape index (κ2) is 16.1. The molecule has 1 heterocycles. The summed E-state index contributed by atoms with van der Waals surface area (Å²) in [6.45, 7) is 8.33. The molecular weight excluding hydrogens is 506 g/mol. The summed E-state index contributed by atoms with van der Waals surface area (Å²) in [7, 11) is 1.60. The fraction of sp³-hybridized carbons (Fsp3) is 0.393. The summed E-state index contributed by atoms with van der Waals surface area (Å²) in [5.41, 5.74) is 3.05. The molecular formula is C28H35N3O8-2. The van der Waals surface area contributed by atoms with Gasteiger partial charge < -0.3 is 39.7 Å². The number of hydrogen-bond donors (Lipinski definition) is 2. The zero-order valence-electron chi connectivity index (χ0n) is 22.4. The molecule has 2 aromatic carbocycles. The van der Waals surface area contributed by atoms with E-state index in [1.54, 1.807) is 7.11 Å². The van der Waals surface area contributed by atoms with Gasteiger partial charge in [0, 0.05) is 38.4 Å². The van der Waals surface area contributed by atoms with Crippen molar-refractivity contribution in [3.63, 3.8) is 0 Å². The number of β-amino-alcohol motifs (C(OH)–C–C–N with tert-alkyl or cyclic N) is 1. The van der Waals surface area contributed by atoms with Crippen LogP contribution in [0.1, 0.15) is 11.1 Å². The predicted octanol–water partition coefficient (Wildman–Crippen LogP) is -0.650. The summed E-state index contributed by atoms with van der Waals surface area (Å²) in [4.78, 5) is 35.7. The van der Waals surface area contributed by atoms with Crippen molar-refractivity contribution < 1.29 is 39.2 Å². The Kier molecular flexibility index (Phi) is 12.9. The van der Waals surface area contributed by atoms with E-state index in [9.17, 15) is 29.7 Å². The van der Waals surface area contributed by atoms with Crippen LogP contribution in [-0.4, -0.2) is 91.8 Å². The van der Waals surface area contributed by atoms with E-state index in [0.29, 0.717) is 36.7 Å². The standard InChI is InChI=1S/C24H33N3O4.C4H4O4/c1-18-7-6-8-19(2)24(18)25-23(29)16-27-13-11-26(12-14-27)15-20(28)17-31-22-10-5-4-9-21(22)30-3;5-3(6)1-2-4(7)8/h4-10,20,28H,11-17H2,1-3H3,(H,25,29);1-2H,(H,5,6)(H,7,8)/p-2/b;2-1-. The molecule has 1 fully saturated rings. The minimum Gasteiger partial charge on any atom is -0.545 e. The van der Waals surface area contributed by atoms with Crippen LogP contribution in [-0.2, 0) is 14.4 Å². The Morgan fingerprint density at radius 1 is 0.923 bits per heavy atom. The highest BCUT2D eigenvalue weighted by atomic mass is 16.5. The number of carbonyl (C=O) groups is 3. The van der Waals surface area contributed by atoms with Gasteiger partial charge in [-0.15, -0.1) is 0 Å². The summed E-state index contributed by atoms with van der Waals surface area (Å²) >= 11 is 0. The minimum absolute atomic E-state index is 0.0103. The van der Waals surface area contributed by atoms with E-state index < -0.39 is 18.0 Å². The number of methoxy groups -OCH3 is 1. The van der Waals surface area contributed by atoms with Crippen LogP contribution < -0.4 is 25.0 Å². The predicted molar refractivity (Wildman–Crippen MR) is 141 cm³/mol. The van der Waals surface area contributed by atoms with E-state index in [0.717, 1.165) is 43.0 Å². The van der Waals surface area contributed by atoms with Crippen molar-refractivity contribution in [3.05, 3.63) is 65.7 Å². The van der Waals surface area contributed by atoms with Crippen LogP contribution in [0.4, 0.5) is 5.69 Å². The average Bonchev–Trinajstić information content (AvgIpc) is 2.90. The number of aliphatic hydroxyl groups excluding tert-OH is 1. The Labute approximate surface area is 228 Å². The van der Waals surface area contributed by atoms with Crippen molar-refractivity contribution in [3.8, 4) is 11.5 Å². The molecule has 1 saturated heterocycles. The quantitative estimate of drug-likeness (QED) is 0.351. The van der Waals surface area contributed by atoms with Crippen molar-refractivity contribution in [1.29, 1.82) is 0 Å². The second-order valence-corrected chi connectivity index (χ2v) is 8.98. The topological polar surface area (TPSA) is 155 Å². The maximum absolute atomic E-state index is 12.5.